The number of hydrogen-bond donors (Lipinski definition) is 2. The Bertz CT molecular complexity index is 732. The fourth-order valence-electron chi connectivity index (χ4n) is 2.31. The molecule has 120 valence electrons. The highest BCUT2D eigenvalue weighted by Gasteiger charge is 2.18. The van der Waals surface area contributed by atoms with Crippen molar-refractivity contribution in [2.45, 2.75) is 12.8 Å². The molecule has 0 fully saturated rings. The summed E-state index contributed by atoms with van der Waals surface area (Å²) >= 11 is 5.78. The Hall–Kier alpha value is -2.40. The normalized spacial score (nSPS) is 11.9. The van der Waals surface area contributed by atoms with Crippen LogP contribution in [0.25, 0.3) is 11.1 Å². The summed E-state index contributed by atoms with van der Waals surface area (Å²) in [4.78, 5) is 22.3. The Labute approximate surface area is 138 Å². The van der Waals surface area contributed by atoms with E-state index in [1.54, 1.807) is 12.1 Å². The number of halogens is 2. The number of amides is 2. The van der Waals surface area contributed by atoms with Crippen LogP contribution in [-0.4, -0.2) is 11.8 Å². The Morgan fingerprint density at radius 2 is 1.65 bits per heavy atom. The monoisotopic (exact) mass is 334 g/mol. The average molecular weight is 335 g/mol. The molecule has 1 atom stereocenters. The fourth-order valence-corrected chi connectivity index (χ4v) is 2.49. The second kappa shape index (κ2) is 7.24. The van der Waals surface area contributed by atoms with E-state index in [0.29, 0.717) is 6.42 Å². The van der Waals surface area contributed by atoms with Gasteiger partial charge in [0.05, 0.1) is 10.9 Å². The summed E-state index contributed by atoms with van der Waals surface area (Å²) in [6.07, 6.45) is 0.257. The van der Waals surface area contributed by atoms with Gasteiger partial charge in [0.2, 0.25) is 11.8 Å². The van der Waals surface area contributed by atoms with Crippen molar-refractivity contribution in [3.05, 3.63) is 58.9 Å². The Morgan fingerprint density at radius 1 is 1.04 bits per heavy atom. The van der Waals surface area contributed by atoms with Gasteiger partial charge in [-0.1, -0.05) is 41.9 Å². The number of rotatable bonds is 6. The maximum Gasteiger partial charge on any atom is 0.221 e. The van der Waals surface area contributed by atoms with Crippen LogP contribution in [0, 0.1) is 11.7 Å². The molecule has 6 heteroatoms. The molecule has 2 amide bonds. The van der Waals surface area contributed by atoms with Crippen molar-refractivity contribution >= 4 is 23.4 Å². The summed E-state index contributed by atoms with van der Waals surface area (Å²) in [5, 5.41) is 0.0572. The van der Waals surface area contributed by atoms with Crippen LogP contribution in [0.3, 0.4) is 0 Å². The van der Waals surface area contributed by atoms with Gasteiger partial charge in [-0.15, -0.1) is 0 Å². The molecular weight excluding hydrogens is 319 g/mol. The van der Waals surface area contributed by atoms with E-state index < -0.39 is 23.5 Å². The Balaban J connectivity index is 2.16. The molecule has 2 rings (SSSR count). The predicted octanol–water partition coefficient (Wildman–Crippen LogP) is 2.67. The molecule has 23 heavy (non-hydrogen) atoms. The quantitative estimate of drug-likeness (QED) is 0.850. The van der Waals surface area contributed by atoms with Gasteiger partial charge in [-0.25, -0.2) is 4.39 Å². The second-order valence-electron chi connectivity index (χ2n) is 5.30. The highest BCUT2D eigenvalue weighted by Crippen LogP contribution is 2.25. The van der Waals surface area contributed by atoms with Crippen molar-refractivity contribution in [2.24, 2.45) is 17.4 Å². The number of primary amides is 2. The van der Waals surface area contributed by atoms with Gasteiger partial charge >= 0.3 is 0 Å². The number of nitrogens with two attached hydrogens (primary N) is 2. The van der Waals surface area contributed by atoms with Crippen LogP contribution in [0.2, 0.25) is 5.02 Å². The fraction of sp³-hybridized carbons (Fsp3) is 0.176. The SMILES string of the molecule is NC(=O)CC(Cc1ccc(-c2ccc(F)c(Cl)c2)cc1)C(N)=O. The third-order valence-corrected chi connectivity index (χ3v) is 3.83. The van der Waals surface area contributed by atoms with Crippen molar-refractivity contribution in [3.63, 3.8) is 0 Å². The zero-order chi connectivity index (χ0) is 17.0. The molecule has 0 heterocycles. The van der Waals surface area contributed by atoms with Gasteiger partial charge in [0.25, 0.3) is 0 Å². The van der Waals surface area contributed by atoms with Crippen molar-refractivity contribution in [3.8, 4) is 11.1 Å². The first kappa shape index (κ1) is 17.0. The molecule has 4 N–H and O–H groups in total. The molecule has 0 aliphatic heterocycles. The number of carbonyl (C=O) groups is 2. The van der Waals surface area contributed by atoms with Gasteiger partial charge in [-0.2, -0.15) is 0 Å². The molecule has 2 aromatic carbocycles. The van der Waals surface area contributed by atoms with Gasteiger partial charge in [0.15, 0.2) is 0 Å². The van der Waals surface area contributed by atoms with E-state index in [2.05, 4.69) is 0 Å². The minimum Gasteiger partial charge on any atom is -0.370 e. The number of benzene rings is 2. The predicted molar refractivity (Wildman–Crippen MR) is 87.0 cm³/mol. The summed E-state index contributed by atoms with van der Waals surface area (Å²) in [5.41, 5.74) is 12.9. The van der Waals surface area contributed by atoms with E-state index in [-0.39, 0.29) is 11.4 Å². The number of carbonyl (C=O) groups excluding carboxylic acids is 2. The van der Waals surface area contributed by atoms with E-state index in [1.807, 2.05) is 24.3 Å². The lowest BCUT2D eigenvalue weighted by Gasteiger charge is -2.12. The molecule has 0 radical (unpaired) electrons. The molecule has 4 nitrogen and oxygen atoms in total. The van der Waals surface area contributed by atoms with Crippen LogP contribution in [-0.2, 0) is 16.0 Å². The minimum absolute atomic E-state index is 0.0572. The van der Waals surface area contributed by atoms with Gasteiger partial charge < -0.3 is 11.5 Å². The molecular formula is C17H16ClFN2O2. The van der Waals surface area contributed by atoms with Gasteiger partial charge in [0.1, 0.15) is 5.82 Å². The van der Waals surface area contributed by atoms with Crippen molar-refractivity contribution in [1.82, 2.24) is 0 Å². The first-order valence-corrected chi connectivity index (χ1v) is 7.36. The van der Waals surface area contributed by atoms with Crippen LogP contribution in [0.1, 0.15) is 12.0 Å². The van der Waals surface area contributed by atoms with Gasteiger partial charge in [-0.05, 0) is 35.2 Å². The summed E-state index contributed by atoms with van der Waals surface area (Å²) in [7, 11) is 0. The van der Waals surface area contributed by atoms with Crippen LogP contribution in [0.4, 0.5) is 4.39 Å². The largest absolute Gasteiger partial charge is 0.370 e. The van der Waals surface area contributed by atoms with Crippen molar-refractivity contribution in [2.75, 3.05) is 0 Å². The molecule has 0 saturated carbocycles. The standard InChI is InChI=1S/C17H16ClFN2O2/c18-14-8-12(5-6-15(14)19)11-3-1-10(2-4-11)7-13(17(21)23)9-16(20)22/h1-6,8,13H,7,9H2,(H2,20,22)(H2,21,23). The van der Waals surface area contributed by atoms with Crippen molar-refractivity contribution < 1.29 is 14.0 Å². The molecule has 2 aromatic rings. The summed E-state index contributed by atoms with van der Waals surface area (Å²) < 4.78 is 13.2. The summed E-state index contributed by atoms with van der Waals surface area (Å²) in [6, 6.07) is 11.8. The summed E-state index contributed by atoms with van der Waals surface area (Å²) in [5.74, 6) is -2.22. The zero-order valence-corrected chi connectivity index (χ0v) is 13.0. The summed E-state index contributed by atoms with van der Waals surface area (Å²) in [6.45, 7) is 0. The third kappa shape index (κ3) is 4.53. The second-order valence-corrected chi connectivity index (χ2v) is 5.71. The van der Waals surface area contributed by atoms with Crippen LogP contribution < -0.4 is 11.5 Å². The van der Waals surface area contributed by atoms with Crippen LogP contribution in [0.5, 0.6) is 0 Å². The topological polar surface area (TPSA) is 86.2 Å². The Kier molecular flexibility index (Phi) is 5.34. The Morgan fingerprint density at radius 3 is 2.17 bits per heavy atom. The van der Waals surface area contributed by atoms with E-state index in [4.69, 9.17) is 23.1 Å². The van der Waals surface area contributed by atoms with Gasteiger partial charge in [-0.3, -0.25) is 9.59 Å². The first-order valence-electron chi connectivity index (χ1n) is 6.99. The number of hydrogen-bond acceptors (Lipinski definition) is 2. The molecule has 0 bridgehead atoms. The molecule has 0 aromatic heterocycles. The first-order chi connectivity index (χ1) is 10.9. The molecule has 0 saturated heterocycles. The van der Waals surface area contributed by atoms with E-state index in [1.165, 1.54) is 6.07 Å². The lowest BCUT2D eigenvalue weighted by molar-refractivity contribution is -0.126. The van der Waals surface area contributed by atoms with Crippen molar-refractivity contribution in [1.29, 1.82) is 0 Å². The molecule has 0 aliphatic carbocycles. The lowest BCUT2D eigenvalue weighted by Crippen LogP contribution is -2.29. The smallest absolute Gasteiger partial charge is 0.221 e. The molecule has 0 spiro atoms. The lowest BCUT2D eigenvalue weighted by atomic mass is 9.94. The minimum atomic E-state index is -0.626. The maximum atomic E-state index is 13.2. The van der Waals surface area contributed by atoms with Crippen LogP contribution >= 0.6 is 11.6 Å². The van der Waals surface area contributed by atoms with E-state index in [9.17, 15) is 14.0 Å². The maximum absolute atomic E-state index is 13.2. The third-order valence-electron chi connectivity index (χ3n) is 3.54. The average Bonchev–Trinajstić information content (AvgIpc) is 2.49. The highest BCUT2D eigenvalue weighted by molar-refractivity contribution is 6.31. The molecule has 1 unspecified atom stereocenters. The van der Waals surface area contributed by atoms with Gasteiger partial charge in [0, 0.05) is 6.42 Å². The van der Waals surface area contributed by atoms with Crippen LogP contribution in [0.15, 0.2) is 42.5 Å². The zero-order valence-electron chi connectivity index (χ0n) is 12.3. The van der Waals surface area contributed by atoms with E-state index >= 15 is 0 Å². The molecule has 0 aliphatic rings. The van der Waals surface area contributed by atoms with E-state index in [0.717, 1.165) is 16.7 Å². The highest BCUT2D eigenvalue weighted by atomic mass is 35.5.